The highest BCUT2D eigenvalue weighted by Gasteiger charge is 2.50. The Morgan fingerprint density at radius 1 is 1.17 bits per heavy atom. The monoisotopic (exact) mass is 532 g/mol. The molecular formula is C23H24N4O5S3. The Bertz CT molecular complexity index is 1310. The molecule has 9 nitrogen and oxygen atoms in total. The van der Waals surface area contributed by atoms with Crippen molar-refractivity contribution in [1.82, 2.24) is 20.3 Å². The lowest BCUT2D eigenvalue weighted by molar-refractivity contribution is -0.129. The average molecular weight is 533 g/mol. The number of thioether (sulfide) groups is 1. The minimum atomic E-state index is -3.90. The van der Waals surface area contributed by atoms with Gasteiger partial charge in [-0.1, -0.05) is 12.1 Å². The van der Waals surface area contributed by atoms with Crippen molar-refractivity contribution in [2.75, 3.05) is 25.1 Å². The third-order valence-electron chi connectivity index (χ3n) is 6.08. The van der Waals surface area contributed by atoms with Crippen molar-refractivity contribution in [1.29, 1.82) is 0 Å². The topological polar surface area (TPSA) is 130 Å². The number of carbonyl (C=O) groups excluding carboxylic acids is 2. The van der Waals surface area contributed by atoms with Crippen LogP contribution in [0.2, 0.25) is 0 Å². The Morgan fingerprint density at radius 2 is 1.94 bits per heavy atom. The zero-order valence-electron chi connectivity index (χ0n) is 18.9. The molecule has 1 fully saturated rings. The minimum Gasteiger partial charge on any atom is -0.336 e. The fourth-order valence-electron chi connectivity index (χ4n) is 4.14. The molecule has 12 heteroatoms. The van der Waals surface area contributed by atoms with Crippen molar-refractivity contribution in [3.05, 3.63) is 65.6 Å². The van der Waals surface area contributed by atoms with E-state index in [2.05, 4.69) is 9.97 Å². The Hall–Kier alpha value is -2.80. The number of thiophene rings is 1. The molecule has 0 saturated carbocycles. The molecule has 1 saturated heterocycles. The molecule has 1 unspecified atom stereocenters. The number of benzene rings is 1. The van der Waals surface area contributed by atoms with Gasteiger partial charge in [0, 0.05) is 40.1 Å². The summed E-state index contributed by atoms with van der Waals surface area (Å²) in [7, 11) is -3.90. The minimum absolute atomic E-state index is 0.000120. The number of rotatable bonds is 6. The number of carbonyl (C=O) groups is 2. The zero-order valence-corrected chi connectivity index (χ0v) is 21.3. The number of hydrogen-bond donors (Lipinski definition) is 2. The fourth-order valence-corrected chi connectivity index (χ4v) is 8.15. The first-order valence-corrected chi connectivity index (χ1v) is 14.4. The van der Waals surface area contributed by atoms with E-state index in [1.807, 2.05) is 36.6 Å². The van der Waals surface area contributed by atoms with Crippen LogP contribution in [0.5, 0.6) is 0 Å². The van der Waals surface area contributed by atoms with Crippen LogP contribution in [0.3, 0.4) is 0 Å². The third-order valence-corrected chi connectivity index (χ3v) is 10.8. The molecule has 2 amide bonds. The third kappa shape index (κ3) is 5.10. The Labute approximate surface area is 211 Å². The zero-order chi connectivity index (χ0) is 25.1. The second-order valence-electron chi connectivity index (χ2n) is 8.05. The number of sulfone groups is 1. The van der Waals surface area contributed by atoms with Crippen LogP contribution < -0.4 is 5.48 Å². The number of aromatic nitrogens is 2. The van der Waals surface area contributed by atoms with Crippen LogP contribution in [0.15, 0.2) is 59.9 Å². The molecular weight excluding hydrogens is 508 g/mol. The van der Waals surface area contributed by atoms with Crippen LogP contribution in [0.1, 0.15) is 28.2 Å². The largest absolute Gasteiger partial charge is 0.336 e. The van der Waals surface area contributed by atoms with Crippen LogP contribution in [-0.2, 0) is 19.4 Å². The number of nitrogens with one attached hydrogen (secondary N) is 1. The first kappa shape index (κ1) is 25.3. The van der Waals surface area contributed by atoms with Gasteiger partial charge in [0.25, 0.3) is 5.91 Å². The summed E-state index contributed by atoms with van der Waals surface area (Å²) in [5.74, 6) is -1.55. The van der Waals surface area contributed by atoms with Crippen LogP contribution in [0.4, 0.5) is 0 Å². The molecule has 0 radical (unpaired) electrons. The van der Waals surface area contributed by atoms with E-state index in [-0.39, 0.29) is 31.0 Å². The van der Waals surface area contributed by atoms with Gasteiger partial charge in [-0.2, -0.15) is 0 Å². The second-order valence-corrected chi connectivity index (χ2v) is 12.4. The van der Waals surface area contributed by atoms with Crippen LogP contribution in [0.25, 0.3) is 10.4 Å². The summed E-state index contributed by atoms with van der Waals surface area (Å²) >= 11 is 2.93. The summed E-state index contributed by atoms with van der Waals surface area (Å²) < 4.78 is 25.8. The first-order valence-electron chi connectivity index (χ1n) is 10.7. The predicted molar refractivity (Wildman–Crippen MR) is 134 cm³/mol. The maximum Gasteiger partial charge on any atom is 0.274 e. The smallest absolute Gasteiger partial charge is 0.274 e. The highest BCUT2D eigenvalue weighted by Crippen LogP contribution is 2.45. The van der Waals surface area contributed by atoms with E-state index >= 15 is 0 Å². The number of hydrogen-bond acceptors (Lipinski definition) is 9. The van der Waals surface area contributed by atoms with E-state index in [0.29, 0.717) is 4.88 Å². The molecule has 1 atom stereocenters. The molecule has 4 rings (SSSR count). The summed E-state index contributed by atoms with van der Waals surface area (Å²) in [4.78, 5) is 37.1. The van der Waals surface area contributed by atoms with Crippen molar-refractivity contribution in [2.24, 2.45) is 0 Å². The van der Waals surface area contributed by atoms with Gasteiger partial charge in [0.15, 0.2) is 9.84 Å². The van der Waals surface area contributed by atoms with E-state index in [1.165, 1.54) is 34.8 Å². The SMILES string of the molecule is CSc1ccc(-c2ccc(C3(CC(=O)NO)CCN(C(=O)c4cnccn4)CCS3(=O)=O)s2)cc1. The van der Waals surface area contributed by atoms with E-state index in [9.17, 15) is 23.2 Å². The molecule has 2 N–H and O–H groups in total. The van der Waals surface area contributed by atoms with Gasteiger partial charge in [-0.15, -0.1) is 23.1 Å². The molecule has 35 heavy (non-hydrogen) atoms. The second kappa shape index (κ2) is 10.4. The molecule has 0 bridgehead atoms. The lowest BCUT2D eigenvalue weighted by Gasteiger charge is -2.30. The summed E-state index contributed by atoms with van der Waals surface area (Å²) in [6, 6.07) is 11.5. The van der Waals surface area contributed by atoms with Crippen molar-refractivity contribution >= 4 is 44.8 Å². The van der Waals surface area contributed by atoms with Gasteiger partial charge in [0.05, 0.1) is 18.4 Å². The molecule has 3 heterocycles. The summed E-state index contributed by atoms with van der Waals surface area (Å²) in [5.41, 5.74) is 2.64. The van der Waals surface area contributed by atoms with Gasteiger partial charge < -0.3 is 4.90 Å². The van der Waals surface area contributed by atoms with Crippen molar-refractivity contribution < 1.29 is 23.2 Å². The molecule has 1 aliphatic heterocycles. The van der Waals surface area contributed by atoms with Crippen molar-refractivity contribution in [3.8, 4) is 10.4 Å². The summed E-state index contributed by atoms with van der Waals surface area (Å²) in [5, 5.41) is 9.22. The highest BCUT2D eigenvalue weighted by molar-refractivity contribution is 7.98. The molecule has 3 aromatic rings. The highest BCUT2D eigenvalue weighted by atomic mass is 32.2. The van der Waals surface area contributed by atoms with Gasteiger partial charge in [0.1, 0.15) is 10.4 Å². The Kier molecular flexibility index (Phi) is 7.55. The van der Waals surface area contributed by atoms with Gasteiger partial charge in [-0.05, 0) is 42.5 Å². The molecule has 1 aromatic carbocycles. The summed E-state index contributed by atoms with van der Waals surface area (Å²) in [6.07, 6.45) is 5.72. The quantitative estimate of drug-likeness (QED) is 0.282. The molecule has 0 spiro atoms. The van der Waals surface area contributed by atoms with Gasteiger partial charge in [-0.3, -0.25) is 19.8 Å². The van der Waals surface area contributed by atoms with Crippen LogP contribution in [0, 0.1) is 0 Å². The number of nitrogens with zero attached hydrogens (tertiary/aromatic N) is 3. The van der Waals surface area contributed by atoms with E-state index in [1.54, 1.807) is 23.3 Å². The molecule has 2 aromatic heterocycles. The average Bonchev–Trinajstić information content (AvgIpc) is 3.34. The van der Waals surface area contributed by atoms with Crippen molar-refractivity contribution in [2.45, 2.75) is 22.5 Å². The van der Waals surface area contributed by atoms with Gasteiger partial charge >= 0.3 is 0 Å². The van der Waals surface area contributed by atoms with Crippen molar-refractivity contribution in [3.63, 3.8) is 0 Å². The lowest BCUT2D eigenvalue weighted by atomic mass is 9.97. The van der Waals surface area contributed by atoms with Crippen LogP contribution >= 0.6 is 23.1 Å². The van der Waals surface area contributed by atoms with E-state index in [4.69, 9.17) is 0 Å². The van der Waals surface area contributed by atoms with E-state index < -0.39 is 32.8 Å². The Morgan fingerprint density at radius 3 is 2.60 bits per heavy atom. The summed E-state index contributed by atoms with van der Waals surface area (Å²) in [6.45, 7) is 0.0671. The maximum atomic E-state index is 13.7. The van der Waals surface area contributed by atoms with Gasteiger partial charge in [0.2, 0.25) is 5.91 Å². The van der Waals surface area contributed by atoms with Gasteiger partial charge in [-0.25, -0.2) is 18.9 Å². The molecule has 0 aliphatic carbocycles. The molecule has 184 valence electrons. The predicted octanol–water partition coefficient (Wildman–Crippen LogP) is 2.98. The standard InChI is InChI=1S/C23H24N4O5S3/c1-33-17-4-2-16(3-5-17)19-6-7-20(34-19)23(14-21(28)26-30)8-11-27(12-13-35(23,31)32)22(29)18-15-24-9-10-25-18/h2-7,9-10,15,30H,8,11-14H2,1H3,(H,26,28). The Balaban J connectivity index is 1.71. The first-order chi connectivity index (χ1) is 16.8. The number of hydroxylamine groups is 1. The fraction of sp³-hybridized carbons (Fsp3) is 0.304. The number of amides is 2. The van der Waals surface area contributed by atoms with Crippen LogP contribution in [-0.4, -0.2) is 65.4 Å². The molecule has 1 aliphatic rings. The van der Waals surface area contributed by atoms with E-state index in [0.717, 1.165) is 15.3 Å². The lowest BCUT2D eigenvalue weighted by Crippen LogP contribution is -2.41. The normalized spacial score (nSPS) is 19.7. The maximum absolute atomic E-state index is 13.7.